The predicted octanol–water partition coefficient (Wildman–Crippen LogP) is 3.75. The van der Waals surface area contributed by atoms with Gasteiger partial charge in [0.15, 0.2) is 11.5 Å². The van der Waals surface area contributed by atoms with E-state index in [9.17, 15) is 4.79 Å². The molecule has 3 aromatic rings. The summed E-state index contributed by atoms with van der Waals surface area (Å²) in [6, 6.07) is 16.3. The molecule has 0 N–H and O–H groups in total. The maximum atomic E-state index is 13.3. The average molecular weight is 362 g/mol. The van der Waals surface area contributed by atoms with Crippen molar-refractivity contribution in [3.8, 4) is 11.5 Å². The molecule has 0 atom stereocenters. The fourth-order valence-electron chi connectivity index (χ4n) is 3.77. The summed E-state index contributed by atoms with van der Waals surface area (Å²) in [4.78, 5) is 15.3. The van der Waals surface area contributed by atoms with Crippen LogP contribution in [0, 0.1) is 0 Å². The summed E-state index contributed by atoms with van der Waals surface area (Å²) in [7, 11) is 2.07. The summed E-state index contributed by atoms with van der Waals surface area (Å²) in [5, 5.41) is 1.21. The van der Waals surface area contributed by atoms with Crippen molar-refractivity contribution >= 4 is 16.8 Å². The quantitative estimate of drug-likeness (QED) is 0.710. The number of aryl methyl sites for hydroxylation is 1. The van der Waals surface area contributed by atoms with Crippen molar-refractivity contribution in [1.82, 2.24) is 9.47 Å². The molecule has 5 nitrogen and oxygen atoms in total. The molecule has 1 fully saturated rings. The highest BCUT2D eigenvalue weighted by Gasteiger charge is 2.34. The number of hydrogen-bond donors (Lipinski definition) is 0. The van der Waals surface area contributed by atoms with Crippen LogP contribution in [0.3, 0.4) is 0 Å². The number of amides is 1. The van der Waals surface area contributed by atoms with Gasteiger partial charge < -0.3 is 18.9 Å². The van der Waals surface area contributed by atoms with Gasteiger partial charge in [-0.2, -0.15) is 0 Å². The Bertz CT molecular complexity index is 1020. The molecule has 2 heterocycles. The molecule has 138 valence electrons. The number of hydrogen-bond acceptors (Lipinski definition) is 3. The van der Waals surface area contributed by atoms with Crippen molar-refractivity contribution in [3.05, 3.63) is 59.8 Å². The first-order valence-corrected chi connectivity index (χ1v) is 9.44. The van der Waals surface area contributed by atoms with E-state index in [1.807, 2.05) is 35.2 Å². The van der Waals surface area contributed by atoms with E-state index < -0.39 is 0 Å². The lowest BCUT2D eigenvalue weighted by Crippen LogP contribution is -2.33. The summed E-state index contributed by atoms with van der Waals surface area (Å²) < 4.78 is 13.4. The maximum Gasteiger partial charge on any atom is 0.254 e. The highest BCUT2D eigenvalue weighted by atomic mass is 16.6. The second kappa shape index (κ2) is 6.34. The SMILES string of the molecule is Cn1c(CN(C(=O)c2ccc3c(c2)OCCO3)C2CC2)cc2ccccc21. The van der Waals surface area contributed by atoms with Crippen LogP contribution in [0.4, 0.5) is 0 Å². The third kappa shape index (κ3) is 2.93. The van der Waals surface area contributed by atoms with Gasteiger partial charge in [0.1, 0.15) is 13.2 Å². The Labute approximate surface area is 158 Å². The van der Waals surface area contributed by atoms with Gasteiger partial charge in [0, 0.05) is 29.9 Å². The second-order valence-electron chi connectivity index (χ2n) is 7.28. The molecule has 27 heavy (non-hydrogen) atoms. The van der Waals surface area contributed by atoms with Gasteiger partial charge in [-0.3, -0.25) is 4.79 Å². The minimum Gasteiger partial charge on any atom is -0.486 e. The van der Waals surface area contributed by atoms with E-state index in [-0.39, 0.29) is 5.91 Å². The molecular weight excluding hydrogens is 340 g/mol. The Balaban J connectivity index is 1.45. The van der Waals surface area contributed by atoms with Crippen molar-refractivity contribution in [1.29, 1.82) is 0 Å². The normalized spacial score (nSPS) is 15.7. The van der Waals surface area contributed by atoms with Crippen molar-refractivity contribution in [2.45, 2.75) is 25.4 Å². The standard InChI is InChI=1S/C22H22N2O3/c1-23-18(12-15-4-2-3-5-19(15)23)14-24(17-7-8-17)22(25)16-6-9-20-21(13-16)27-11-10-26-20/h2-6,9,12-13,17H,7-8,10-11,14H2,1H3. The summed E-state index contributed by atoms with van der Waals surface area (Å²) in [5.74, 6) is 1.43. The zero-order valence-electron chi connectivity index (χ0n) is 15.4. The minimum absolute atomic E-state index is 0.0553. The average Bonchev–Trinajstić information content (AvgIpc) is 3.50. The molecule has 0 bridgehead atoms. The molecule has 0 spiro atoms. The Morgan fingerprint density at radius 2 is 1.85 bits per heavy atom. The molecule has 1 amide bonds. The number of nitrogens with zero attached hydrogens (tertiary/aromatic N) is 2. The summed E-state index contributed by atoms with van der Waals surface area (Å²) in [6.45, 7) is 1.69. The number of aromatic nitrogens is 1. The Kier molecular flexibility index (Phi) is 3.81. The minimum atomic E-state index is 0.0553. The lowest BCUT2D eigenvalue weighted by Gasteiger charge is -2.24. The number of carbonyl (C=O) groups is 1. The van der Waals surface area contributed by atoms with Gasteiger partial charge in [0.2, 0.25) is 0 Å². The Morgan fingerprint density at radius 3 is 2.63 bits per heavy atom. The van der Waals surface area contributed by atoms with Gasteiger partial charge in [-0.1, -0.05) is 18.2 Å². The van der Waals surface area contributed by atoms with Crippen molar-refractivity contribution in [3.63, 3.8) is 0 Å². The van der Waals surface area contributed by atoms with Crippen LogP contribution in [0.1, 0.15) is 28.9 Å². The maximum absolute atomic E-state index is 13.3. The molecule has 1 aliphatic heterocycles. The summed E-state index contributed by atoms with van der Waals surface area (Å²) in [5.41, 5.74) is 2.99. The summed E-state index contributed by atoms with van der Waals surface area (Å²) in [6.07, 6.45) is 2.14. The topological polar surface area (TPSA) is 43.7 Å². The Hall–Kier alpha value is -2.95. The predicted molar refractivity (Wildman–Crippen MR) is 103 cm³/mol. The van der Waals surface area contributed by atoms with Crippen molar-refractivity contribution < 1.29 is 14.3 Å². The van der Waals surface area contributed by atoms with E-state index in [2.05, 4.69) is 29.8 Å². The van der Waals surface area contributed by atoms with Crippen LogP contribution in [-0.4, -0.2) is 34.6 Å². The third-order valence-electron chi connectivity index (χ3n) is 5.42. The molecule has 1 saturated carbocycles. The van der Waals surface area contributed by atoms with Gasteiger partial charge in [-0.15, -0.1) is 0 Å². The van der Waals surface area contributed by atoms with Crippen LogP contribution in [-0.2, 0) is 13.6 Å². The van der Waals surface area contributed by atoms with Gasteiger partial charge in [-0.05, 0) is 48.6 Å². The van der Waals surface area contributed by atoms with Gasteiger partial charge in [-0.25, -0.2) is 0 Å². The molecule has 1 aliphatic carbocycles. The first-order valence-electron chi connectivity index (χ1n) is 9.44. The Morgan fingerprint density at radius 1 is 1.07 bits per heavy atom. The van der Waals surface area contributed by atoms with Gasteiger partial charge in [0.25, 0.3) is 5.91 Å². The fourth-order valence-corrected chi connectivity index (χ4v) is 3.77. The van der Waals surface area contributed by atoms with Crippen molar-refractivity contribution in [2.24, 2.45) is 7.05 Å². The molecule has 0 saturated heterocycles. The van der Waals surface area contributed by atoms with Crippen LogP contribution in [0.25, 0.3) is 10.9 Å². The molecule has 2 aromatic carbocycles. The number of ether oxygens (including phenoxy) is 2. The fraction of sp³-hybridized carbons (Fsp3) is 0.318. The van der Waals surface area contributed by atoms with E-state index in [0.29, 0.717) is 42.9 Å². The largest absolute Gasteiger partial charge is 0.486 e. The first kappa shape index (κ1) is 16.2. The van der Waals surface area contributed by atoms with Crippen LogP contribution in [0.2, 0.25) is 0 Å². The molecular formula is C22H22N2O3. The van der Waals surface area contributed by atoms with Crippen LogP contribution in [0.15, 0.2) is 48.5 Å². The second-order valence-corrected chi connectivity index (χ2v) is 7.28. The van der Waals surface area contributed by atoms with E-state index in [1.165, 1.54) is 10.9 Å². The van der Waals surface area contributed by atoms with Crippen molar-refractivity contribution in [2.75, 3.05) is 13.2 Å². The number of fused-ring (bicyclic) bond motifs is 2. The monoisotopic (exact) mass is 362 g/mol. The summed E-state index contributed by atoms with van der Waals surface area (Å²) >= 11 is 0. The molecule has 0 unspecified atom stereocenters. The molecule has 5 rings (SSSR count). The number of benzene rings is 2. The lowest BCUT2D eigenvalue weighted by atomic mass is 10.1. The zero-order chi connectivity index (χ0) is 18.4. The van der Waals surface area contributed by atoms with Crippen LogP contribution < -0.4 is 9.47 Å². The lowest BCUT2D eigenvalue weighted by molar-refractivity contribution is 0.0725. The van der Waals surface area contributed by atoms with E-state index in [4.69, 9.17) is 9.47 Å². The smallest absolute Gasteiger partial charge is 0.254 e. The number of carbonyl (C=O) groups excluding carboxylic acids is 1. The van der Waals surface area contributed by atoms with Gasteiger partial charge >= 0.3 is 0 Å². The highest BCUT2D eigenvalue weighted by Crippen LogP contribution is 2.34. The van der Waals surface area contributed by atoms with Crippen LogP contribution in [0.5, 0.6) is 11.5 Å². The molecule has 2 aliphatic rings. The van der Waals surface area contributed by atoms with E-state index >= 15 is 0 Å². The zero-order valence-corrected chi connectivity index (χ0v) is 15.4. The first-order chi connectivity index (χ1) is 13.2. The number of rotatable bonds is 4. The highest BCUT2D eigenvalue weighted by molar-refractivity contribution is 5.95. The molecule has 0 radical (unpaired) electrons. The molecule has 1 aromatic heterocycles. The van der Waals surface area contributed by atoms with E-state index in [0.717, 1.165) is 18.5 Å². The van der Waals surface area contributed by atoms with E-state index in [1.54, 1.807) is 0 Å². The van der Waals surface area contributed by atoms with Crippen LogP contribution >= 0.6 is 0 Å². The third-order valence-corrected chi connectivity index (χ3v) is 5.42. The number of para-hydroxylation sites is 1. The molecule has 5 heteroatoms. The van der Waals surface area contributed by atoms with Gasteiger partial charge in [0.05, 0.1) is 6.54 Å².